The van der Waals surface area contributed by atoms with E-state index in [0.717, 1.165) is 19.5 Å². The second-order valence-electron chi connectivity index (χ2n) is 4.68. The summed E-state index contributed by atoms with van der Waals surface area (Å²) < 4.78 is 1.20. The van der Waals surface area contributed by atoms with E-state index in [9.17, 15) is 0 Å². The maximum absolute atomic E-state index is 3.57. The topological polar surface area (TPSA) is 24.1 Å². The lowest BCUT2D eigenvalue weighted by atomic mass is 10.1. The van der Waals surface area contributed by atoms with Gasteiger partial charge in [0.15, 0.2) is 0 Å². The van der Waals surface area contributed by atoms with Crippen molar-refractivity contribution < 1.29 is 0 Å². The zero-order valence-corrected chi connectivity index (χ0v) is 11.9. The number of nitrogens with one attached hydrogen (secondary N) is 2. The molecule has 0 aliphatic heterocycles. The van der Waals surface area contributed by atoms with Crippen molar-refractivity contribution in [3.05, 3.63) is 34.3 Å². The van der Waals surface area contributed by atoms with Crippen molar-refractivity contribution in [1.29, 1.82) is 0 Å². The molecule has 0 fully saturated rings. The zero-order valence-electron chi connectivity index (χ0n) is 10.3. The van der Waals surface area contributed by atoms with Gasteiger partial charge in [-0.05, 0) is 45.5 Å². The lowest BCUT2D eigenvalue weighted by Crippen LogP contribution is -2.47. The van der Waals surface area contributed by atoms with Crippen LogP contribution in [-0.2, 0) is 6.42 Å². The molecular weight excluding hydrogens is 264 g/mol. The van der Waals surface area contributed by atoms with Gasteiger partial charge in [0.1, 0.15) is 0 Å². The number of benzene rings is 1. The van der Waals surface area contributed by atoms with E-state index < -0.39 is 0 Å². The van der Waals surface area contributed by atoms with E-state index in [0.29, 0.717) is 0 Å². The van der Waals surface area contributed by atoms with Crippen LogP contribution in [0.1, 0.15) is 19.4 Å². The quantitative estimate of drug-likeness (QED) is 0.839. The van der Waals surface area contributed by atoms with Crippen LogP contribution < -0.4 is 10.6 Å². The van der Waals surface area contributed by atoms with Gasteiger partial charge in [0.25, 0.3) is 0 Å². The molecule has 1 aromatic rings. The molecule has 0 atom stereocenters. The highest BCUT2D eigenvalue weighted by Crippen LogP contribution is 2.16. The predicted octanol–water partition coefficient (Wildman–Crippen LogP) is 2.58. The summed E-state index contributed by atoms with van der Waals surface area (Å²) >= 11 is 3.57. The Hall–Kier alpha value is -0.380. The largest absolute Gasteiger partial charge is 0.318 e. The fraction of sp³-hybridized carbons (Fsp3) is 0.538. The first-order valence-electron chi connectivity index (χ1n) is 5.68. The predicted molar refractivity (Wildman–Crippen MR) is 73.9 cm³/mol. The molecule has 0 spiro atoms. The molecule has 0 saturated carbocycles. The minimum Gasteiger partial charge on any atom is -0.318 e. The van der Waals surface area contributed by atoms with Crippen LogP contribution in [-0.4, -0.2) is 25.7 Å². The molecule has 16 heavy (non-hydrogen) atoms. The van der Waals surface area contributed by atoms with Crippen LogP contribution in [0.4, 0.5) is 0 Å². The summed E-state index contributed by atoms with van der Waals surface area (Å²) in [6.07, 6.45) is 1.05. The molecule has 0 amide bonds. The van der Waals surface area contributed by atoms with Gasteiger partial charge in [0, 0.05) is 16.6 Å². The third-order valence-corrected chi connectivity index (χ3v) is 3.35. The normalized spacial score (nSPS) is 11.8. The summed E-state index contributed by atoms with van der Waals surface area (Å²) in [7, 11) is 1.98. The van der Waals surface area contributed by atoms with Crippen molar-refractivity contribution >= 4 is 15.9 Å². The SMILES string of the molecule is CNCC(C)(C)NCCc1ccccc1Br. The van der Waals surface area contributed by atoms with E-state index >= 15 is 0 Å². The van der Waals surface area contributed by atoms with Crippen LogP contribution in [0, 0.1) is 0 Å². The fourth-order valence-corrected chi connectivity index (χ4v) is 2.22. The van der Waals surface area contributed by atoms with E-state index in [1.54, 1.807) is 0 Å². The molecule has 0 radical (unpaired) electrons. The van der Waals surface area contributed by atoms with Gasteiger partial charge in [0.2, 0.25) is 0 Å². The Morgan fingerprint density at radius 1 is 1.25 bits per heavy atom. The summed E-state index contributed by atoms with van der Waals surface area (Å²) in [5.41, 5.74) is 1.51. The smallest absolute Gasteiger partial charge is 0.0249 e. The Labute approximate surface area is 107 Å². The molecule has 3 heteroatoms. The minimum atomic E-state index is 0.149. The zero-order chi connectivity index (χ0) is 12.0. The molecule has 1 aromatic carbocycles. The van der Waals surface area contributed by atoms with Crippen LogP contribution in [0.15, 0.2) is 28.7 Å². The molecule has 0 aliphatic rings. The first-order valence-corrected chi connectivity index (χ1v) is 6.47. The van der Waals surface area contributed by atoms with Crippen LogP contribution >= 0.6 is 15.9 Å². The van der Waals surface area contributed by atoms with Gasteiger partial charge in [-0.15, -0.1) is 0 Å². The highest BCUT2D eigenvalue weighted by atomic mass is 79.9. The molecule has 0 heterocycles. The van der Waals surface area contributed by atoms with Crippen molar-refractivity contribution in [2.45, 2.75) is 25.8 Å². The summed E-state index contributed by atoms with van der Waals surface area (Å²) in [4.78, 5) is 0. The molecule has 2 N–H and O–H groups in total. The van der Waals surface area contributed by atoms with Crippen LogP contribution in [0.25, 0.3) is 0 Å². The molecule has 0 saturated heterocycles. The van der Waals surface area contributed by atoms with Gasteiger partial charge in [0.05, 0.1) is 0 Å². The van der Waals surface area contributed by atoms with Gasteiger partial charge in [-0.3, -0.25) is 0 Å². The first kappa shape index (κ1) is 13.7. The summed E-state index contributed by atoms with van der Waals surface area (Å²) in [6, 6.07) is 8.38. The van der Waals surface area contributed by atoms with E-state index in [1.165, 1.54) is 10.0 Å². The van der Waals surface area contributed by atoms with Crippen molar-refractivity contribution in [1.82, 2.24) is 10.6 Å². The number of hydrogen-bond acceptors (Lipinski definition) is 2. The van der Waals surface area contributed by atoms with Crippen molar-refractivity contribution in [3.8, 4) is 0 Å². The number of rotatable bonds is 6. The number of halogens is 1. The van der Waals surface area contributed by atoms with Gasteiger partial charge in [-0.25, -0.2) is 0 Å². The number of hydrogen-bond donors (Lipinski definition) is 2. The number of likely N-dealkylation sites (N-methyl/N-ethyl adjacent to an activating group) is 1. The fourth-order valence-electron chi connectivity index (χ4n) is 1.74. The average Bonchev–Trinajstić information content (AvgIpc) is 2.20. The Morgan fingerprint density at radius 2 is 1.94 bits per heavy atom. The van der Waals surface area contributed by atoms with Crippen LogP contribution in [0.2, 0.25) is 0 Å². The van der Waals surface area contributed by atoms with E-state index in [1.807, 2.05) is 13.1 Å². The van der Waals surface area contributed by atoms with E-state index in [2.05, 4.69) is 58.6 Å². The van der Waals surface area contributed by atoms with Crippen LogP contribution in [0.3, 0.4) is 0 Å². The maximum atomic E-state index is 3.57. The van der Waals surface area contributed by atoms with Gasteiger partial charge in [-0.1, -0.05) is 34.1 Å². The third-order valence-electron chi connectivity index (χ3n) is 2.57. The molecule has 0 unspecified atom stereocenters. The molecule has 1 rings (SSSR count). The molecule has 0 aromatic heterocycles. The summed E-state index contributed by atoms with van der Waals surface area (Å²) in [6.45, 7) is 6.40. The maximum Gasteiger partial charge on any atom is 0.0249 e. The highest BCUT2D eigenvalue weighted by molar-refractivity contribution is 9.10. The Morgan fingerprint density at radius 3 is 2.56 bits per heavy atom. The highest BCUT2D eigenvalue weighted by Gasteiger charge is 2.14. The second-order valence-corrected chi connectivity index (χ2v) is 5.54. The summed E-state index contributed by atoms with van der Waals surface area (Å²) in [5.74, 6) is 0. The Kier molecular flexibility index (Phi) is 5.46. The lowest BCUT2D eigenvalue weighted by Gasteiger charge is -2.26. The standard InChI is InChI=1S/C13H21BrN2/c1-13(2,10-15-3)16-9-8-11-6-4-5-7-12(11)14/h4-7,15-16H,8-10H2,1-3H3. The first-order chi connectivity index (χ1) is 7.55. The van der Waals surface area contributed by atoms with Gasteiger partial charge >= 0.3 is 0 Å². The molecule has 0 bridgehead atoms. The molecular formula is C13H21BrN2. The van der Waals surface area contributed by atoms with Crippen molar-refractivity contribution in [2.24, 2.45) is 0 Å². The molecule has 90 valence electrons. The van der Waals surface area contributed by atoms with Crippen molar-refractivity contribution in [3.63, 3.8) is 0 Å². The van der Waals surface area contributed by atoms with E-state index in [4.69, 9.17) is 0 Å². The monoisotopic (exact) mass is 284 g/mol. The van der Waals surface area contributed by atoms with Gasteiger partial charge in [-0.2, -0.15) is 0 Å². The van der Waals surface area contributed by atoms with Crippen molar-refractivity contribution in [2.75, 3.05) is 20.1 Å². The average molecular weight is 285 g/mol. The lowest BCUT2D eigenvalue weighted by molar-refractivity contribution is 0.378. The Bertz CT molecular complexity index is 323. The minimum absolute atomic E-state index is 0.149. The van der Waals surface area contributed by atoms with Crippen LogP contribution in [0.5, 0.6) is 0 Å². The third kappa shape index (κ3) is 4.64. The molecule has 0 aliphatic carbocycles. The molecule has 2 nitrogen and oxygen atoms in total. The van der Waals surface area contributed by atoms with Gasteiger partial charge < -0.3 is 10.6 Å². The summed E-state index contributed by atoms with van der Waals surface area (Å²) in [5, 5.41) is 6.75. The van der Waals surface area contributed by atoms with E-state index in [-0.39, 0.29) is 5.54 Å². The Balaban J connectivity index is 2.39. The second kappa shape index (κ2) is 6.38.